The predicted octanol–water partition coefficient (Wildman–Crippen LogP) is 5.01. The number of ether oxygens (including phenoxy) is 1. The van der Waals surface area contributed by atoms with Gasteiger partial charge in [-0.05, 0) is 36.2 Å². The van der Waals surface area contributed by atoms with Gasteiger partial charge in [0.25, 0.3) is 5.91 Å². The number of hydrogen-bond donors (Lipinski definition) is 1. The van der Waals surface area contributed by atoms with Crippen LogP contribution in [0.25, 0.3) is 0 Å². The number of carbonyl (C=O) groups excluding carboxylic acids is 1. The highest BCUT2D eigenvalue weighted by molar-refractivity contribution is 8.00. The van der Waals surface area contributed by atoms with Crippen LogP contribution >= 0.6 is 23.1 Å². The first kappa shape index (κ1) is 19.3. The Balaban J connectivity index is 1.58. The van der Waals surface area contributed by atoms with Crippen molar-refractivity contribution in [2.45, 2.75) is 23.4 Å². The highest BCUT2D eigenvalue weighted by Gasteiger charge is 2.12. The zero-order chi connectivity index (χ0) is 19.1. The van der Waals surface area contributed by atoms with E-state index in [0.717, 1.165) is 6.42 Å². The smallest absolute Gasteiger partial charge is 0.257 e. The summed E-state index contributed by atoms with van der Waals surface area (Å²) in [5.74, 6) is 0.585. The lowest BCUT2D eigenvalue weighted by molar-refractivity contribution is 0.102. The first-order valence-electron chi connectivity index (χ1n) is 8.39. The molecule has 2 aromatic carbocycles. The number of nitrogens with zero attached hydrogens (tertiary/aromatic N) is 2. The van der Waals surface area contributed by atoms with Crippen molar-refractivity contribution >= 4 is 34.1 Å². The highest BCUT2D eigenvalue weighted by atomic mass is 32.2. The van der Waals surface area contributed by atoms with Crippen molar-refractivity contribution in [1.29, 1.82) is 0 Å². The average Bonchev–Trinajstić information content (AvgIpc) is 3.13. The van der Waals surface area contributed by atoms with Gasteiger partial charge in [-0.3, -0.25) is 10.1 Å². The van der Waals surface area contributed by atoms with E-state index in [9.17, 15) is 9.18 Å². The molecule has 0 aliphatic carbocycles. The molecule has 140 valence electrons. The summed E-state index contributed by atoms with van der Waals surface area (Å²) >= 11 is 2.63. The number of amides is 1. The van der Waals surface area contributed by atoms with E-state index in [1.54, 1.807) is 36.4 Å². The third-order valence-electron chi connectivity index (χ3n) is 3.50. The molecule has 5 nitrogen and oxygen atoms in total. The summed E-state index contributed by atoms with van der Waals surface area (Å²) in [4.78, 5) is 12.4. The molecule has 0 atom stereocenters. The first-order chi connectivity index (χ1) is 13.2. The van der Waals surface area contributed by atoms with E-state index < -0.39 is 0 Å². The number of nitrogens with one attached hydrogen (secondary N) is 1. The Hall–Kier alpha value is -2.45. The lowest BCUT2D eigenvalue weighted by Gasteiger charge is -2.06. The number of benzene rings is 2. The Morgan fingerprint density at radius 1 is 1.22 bits per heavy atom. The van der Waals surface area contributed by atoms with Gasteiger partial charge in [0.05, 0.1) is 6.61 Å². The molecule has 3 rings (SSSR count). The van der Waals surface area contributed by atoms with Crippen LogP contribution in [-0.2, 0) is 5.75 Å². The third kappa shape index (κ3) is 5.51. The molecule has 1 amide bonds. The van der Waals surface area contributed by atoms with Crippen LogP contribution in [0, 0.1) is 5.82 Å². The maximum Gasteiger partial charge on any atom is 0.257 e. The SMILES string of the molecule is CCCOc1cccc(C(=O)Nc2nnc(SCc3ccccc3F)s2)c1. The van der Waals surface area contributed by atoms with Gasteiger partial charge in [-0.15, -0.1) is 10.2 Å². The van der Waals surface area contributed by atoms with E-state index in [0.29, 0.717) is 38.7 Å². The monoisotopic (exact) mass is 403 g/mol. The van der Waals surface area contributed by atoms with Gasteiger partial charge in [-0.25, -0.2) is 4.39 Å². The molecule has 0 saturated carbocycles. The molecular weight excluding hydrogens is 385 g/mol. The van der Waals surface area contributed by atoms with Crippen LogP contribution in [0.2, 0.25) is 0 Å². The Kier molecular flexibility index (Phi) is 6.78. The Morgan fingerprint density at radius 2 is 2.07 bits per heavy atom. The number of aromatic nitrogens is 2. The lowest BCUT2D eigenvalue weighted by atomic mass is 10.2. The number of carbonyl (C=O) groups is 1. The van der Waals surface area contributed by atoms with E-state index >= 15 is 0 Å². The maximum atomic E-state index is 13.7. The third-order valence-corrected chi connectivity index (χ3v) is 5.53. The lowest BCUT2D eigenvalue weighted by Crippen LogP contribution is -2.11. The molecule has 0 radical (unpaired) electrons. The van der Waals surface area contributed by atoms with Crippen LogP contribution in [0.5, 0.6) is 5.75 Å². The second kappa shape index (κ2) is 9.48. The molecule has 8 heteroatoms. The number of hydrogen-bond acceptors (Lipinski definition) is 6. The first-order valence-corrected chi connectivity index (χ1v) is 10.2. The Morgan fingerprint density at radius 3 is 2.89 bits per heavy atom. The van der Waals surface area contributed by atoms with Crippen LogP contribution in [0.15, 0.2) is 52.9 Å². The number of rotatable bonds is 8. The van der Waals surface area contributed by atoms with Crippen molar-refractivity contribution in [3.63, 3.8) is 0 Å². The largest absolute Gasteiger partial charge is 0.494 e. The van der Waals surface area contributed by atoms with Crippen LogP contribution in [0.1, 0.15) is 29.3 Å². The summed E-state index contributed by atoms with van der Waals surface area (Å²) in [5.41, 5.74) is 1.09. The number of halogens is 1. The molecular formula is C19H18FN3O2S2. The van der Waals surface area contributed by atoms with Gasteiger partial charge in [0.15, 0.2) is 4.34 Å². The second-order valence-corrected chi connectivity index (χ2v) is 7.78. The fourth-order valence-corrected chi connectivity index (χ4v) is 3.92. The molecule has 0 aliphatic heterocycles. The maximum absolute atomic E-state index is 13.7. The van der Waals surface area contributed by atoms with Gasteiger partial charge < -0.3 is 4.74 Å². The summed E-state index contributed by atoms with van der Waals surface area (Å²) in [5, 5.41) is 11.1. The van der Waals surface area contributed by atoms with E-state index in [4.69, 9.17) is 4.74 Å². The van der Waals surface area contributed by atoms with Crippen molar-refractivity contribution in [2.75, 3.05) is 11.9 Å². The summed E-state index contributed by atoms with van der Waals surface area (Å²) in [7, 11) is 0. The molecule has 0 unspecified atom stereocenters. The standard InChI is InChI=1S/C19H18FN3O2S2/c1-2-10-25-15-8-5-7-13(11-15)17(24)21-18-22-23-19(27-18)26-12-14-6-3-4-9-16(14)20/h3-9,11H,2,10,12H2,1H3,(H,21,22,24). The zero-order valence-corrected chi connectivity index (χ0v) is 16.3. The zero-order valence-electron chi connectivity index (χ0n) is 14.6. The molecule has 3 aromatic rings. The number of anilines is 1. The molecule has 0 spiro atoms. The van der Waals surface area contributed by atoms with Crippen LogP contribution in [0.3, 0.4) is 0 Å². The Bertz CT molecular complexity index is 917. The van der Waals surface area contributed by atoms with Crippen LogP contribution in [0.4, 0.5) is 9.52 Å². The van der Waals surface area contributed by atoms with Crippen molar-refractivity contribution in [1.82, 2.24) is 10.2 Å². The van der Waals surface area contributed by atoms with Gasteiger partial charge in [-0.1, -0.05) is 54.3 Å². The van der Waals surface area contributed by atoms with Gasteiger partial charge in [0.2, 0.25) is 5.13 Å². The summed E-state index contributed by atoms with van der Waals surface area (Å²) in [6.07, 6.45) is 0.897. The highest BCUT2D eigenvalue weighted by Crippen LogP contribution is 2.29. The molecule has 1 aromatic heterocycles. The van der Waals surface area contributed by atoms with Crippen molar-refractivity contribution in [3.8, 4) is 5.75 Å². The van der Waals surface area contributed by atoms with E-state index in [2.05, 4.69) is 15.5 Å². The molecule has 0 bridgehead atoms. The van der Waals surface area contributed by atoms with Crippen molar-refractivity contribution < 1.29 is 13.9 Å². The molecule has 1 N–H and O–H groups in total. The summed E-state index contributed by atoms with van der Waals surface area (Å²) < 4.78 is 19.9. The molecule has 1 heterocycles. The average molecular weight is 404 g/mol. The second-order valence-electron chi connectivity index (χ2n) is 5.58. The topological polar surface area (TPSA) is 64.1 Å². The minimum absolute atomic E-state index is 0.242. The number of thioether (sulfide) groups is 1. The van der Waals surface area contributed by atoms with Crippen LogP contribution < -0.4 is 10.1 Å². The molecule has 0 fully saturated rings. The fourth-order valence-electron chi connectivity index (χ4n) is 2.19. The molecule has 0 aliphatic rings. The normalized spacial score (nSPS) is 10.6. The molecule has 27 heavy (non-hydrogen) atoms. The summed E-state index contributed by atoms with van der Waals surface area (Å²) in [6, 6.07) is 13.6. The van der Waals surface area contributed by atoms with Crippen LogP contribution in [-0.4, -0.2) is 22.7 Å². The summed E-state index contributed by atoms with van der Waals surface area (Å²) in [6.45, 7) is 2.62. The van der Waals surface area contributed by atoms with E-state index in [1.807, 2.05) is 13.0 Å². The van der Waals surface area contributed by atoms with E-state index in [-0.39, 0.29) is 11.7 Å². The van der Waals surface area contributed by atoms with Crippen molar-refractivity contribution in [2.24, 2.45) is 0 Å². The Labute approximate surface area is 165 Å². The fraction of sp³-hybridized carbons (Fsp3) is 0.211. The van der Waals surface area contributed by atoms with Gasteiger partial charge in [0.1, 0.15) is 11.6 Å². The van der Waals surface area contributed by atoms with Gasteiger partial charge in [-0.2, -0.15) is 0 Å². The van der Waals surface area contributed by atoms with Gasteiger partial charge >= 0.3 is 0 Å². The van der Waals surface area contributed by atoms with E-state index in [1.165, 1.54) is 29.2 Å². The van der Waals surface area contributed by atoms with Gasteiger partial charge in [0, 0.05) is 11.3 Å². The predicted molar refractivity (Wildman–Crippen MR) is 106 cm³/mol. The van der Waals surface area contributed by atoms with Crippen molar-refractivity contribution in [3.05, 3.63) is 65.5 Å². The quantitative estimate of drug-likeness (QED) is 0.423. The minimum atomic E-state index is -0.279. The molecule has 0 saturated heterocycles. The minimum Gasteiger partial charge on any atom is -0.494 e.